The standard InChI is InChI=1S/C16H22F4N2/c1-15(2,3)14(22-9-7-21-8-10-22)13-11(16(18,19)20)5-4-6-12(13)17/h4-6,14,21H,7-10H2,1-3H3/t14-/m1/s1. The van der Waals surface area contributed by atoms with Crippen molar-refractivity contribution in [3.63, 3.8) is 0 Å². The van der Waals surface area contributed by atoms with E-state index in [1.54, 1.807) is 0 Å². The lowest BCUT2D eigenvalue weighted by Gasteiger charge is -2.43. The number of halogens is 4. The van der Waals surface area contributed by atoms with Crippen molar-refractivity contribution < 1.29 is 17.6 Å². The third-order valence-electron chi connectivity index (χ3n) is 3.97. The molecule has 1 N–H and O–H groups in total. The van der Waals surface area contributed by atoms with Gasteiger partial charge in [0.05, 0.1) is 5.56 Å². The van der Waals surface area contributed by atoms with E-state index in [1.165, 1.54) is 0 Å². The van der Waals surface area contributed by atoms with E-state index < -0.39 is 29.0 Å². The lowest BCUT2D eigenvalue weighted by molar-refractivity contribution is -0.139. The minimum atomic E-state index is -4.56. The molecule has 6 heteroatoms. The third kappa shape index (κ3) is 3.60. The Bertz CT molecular complexity index is 514. The van der Waals surface area contributed by atoms with Crippen LogP contribution in [0.15, 0.2) is 18.2 Å². The van der Waals surface area contributed by atoms with Gasteiger partial charge in [0.2, 0.25) is 0 Å². The summed E-state index contributed by atoms with van der Waals surface area (Å²) >= 11 is 0. The second-order valence-electron chi connectivity index (χ2n) is 6.75. The maximum absolute atomic E-state index is 14.4. The van der Waals surface area contributed by atoms with Gasteiger partial charge in [0.25, 0.3) is 0 Å². The van der Waals surface area contributed by atoms with Gasteiger partial charge >= 0.3 is 6.18 Å². The largest absolute Gasteiger partial charge is 0.416 e. The number of hydrogen-bond acceptors (Lipinski definition) is 2. The molecule has 1 heterocycles. The molecule has 1 aliphatic heterocycles. The first-order chi connectivity index (χ1) is 10.1. The fraction of sp³-hybridized carbons (Fsp3) is 0.625. The summed E-state index contributed by atoms with van der Waals surface area (Å²) < 4.78 is 54.4. The van der Waals surface area contributed by atoms with Gasteiger partial charge in [-0.15, -0.1) is 0 Å². The minimum Gasteiger partial charge on any atom is -0.314 e. The van der Waals surface area contributed by atoms with Crippen molar-refractivity contribution in [3.05, 3.63) is 35.1 Å². The first-order valence-electron chi connectivity index (χ1n) is 7.43. The molecule has 0 aromatic heterocycles. The van der Waals surface area contributed by atoms with Crippen LogP contribution in [-0.2, 0) is 6.18 Å². The number of hydrogen-bond donors (Lipinski definition) is 1. The molecule has 1 aromatic carbocycles. The van der Waals surface area contributed by atoms with Crippen molar-refractivity contribution in [2.45, 2.75) is 33.0 Å². The molecule has 0 aliphatic carbocycles. The Balaban J connectivity index is 2.57. The average Bonchev–Trinajstić information content (AvgIpc) is 2.39. The summed E-state index contributed by atoms with van der Waals surface area (Å²) in [6, 6.07) is 2.59. The van der Waals surface area contributed by atoms with E-state index in [0.29, 0.717) is 26.2 Å². The lowest BCUT2D eigenvalue weighted by Crippen LogP contribution is -2.49. The smallest absolute Gasteiger partial charge is 0.314 e. The van der Waals surface area contributed by atoms with Crippen LogP contribution >= 0.6 is 0 Å². The molecular formula is C16H22F4N2. The number of alkyl halides is 3. The first kappa shape index (κ1) is 17.2. The molecule has 124 valence electrons. The maximum atomic E-state index is 14.4. The molecule has 0 bridgehead atoms. The summed E-state index contributed by atoms with van der Waals surface area (Å²) in [7, 11) is 0. The van der Waals surface area contributed by atoms with Gasteiger partial charge < -0.3 is 5.32 Å². The Morgan fingerprint density at radius 2 is 1.68 bits per heavy atom. The molecule has 1 atom stereocenters. The fourth-order valence-corrected chi connectivity index (χ4v) is 3.17. The number of nitrogens with zero attached hydrogens (tertiary/aromatic N) is 1. The second-order valence-corrected chi connectivity index (χ2v) is 6.75. The van der Waals surface area contributed by atoms with Gasteiger partial charge in [0.15, 0.2) is 0 Å². The van der Waals surface area contributed by atoms with Crippen LogP contribution in [-0.4, -0.2) is 31.1 Å². The maximum Gasteiger partial charge on any atom is 0.416 e. The van der Waals surface area contributed by atoms with E-state index in [4.69, 9.17) is 0 Å². The van der Waals surface area contributed by atoms with E-state index in [-0.39, 0.29) is 5.56 Å². The number of rotatable bonds is 2. The van der Waals surface area contributed by atoms with Crippen LogP contribution in [0, 0.1) is 11.2 Å². The summed E-state index contributed by atoms with van der Waals surface area (Å²) in [5, 5.41) is 3.17. The quantitative estimate of drug-likeness (QED) is 0.834. The Morgan fingerprint density at radius 1 is 1.09 bits per heavy atom. The summed E-state index contributed by atoms with van der Waals surface area (Å²) in [5.41, 5.74) is -1.62. The van der Waals surface area contributed by atoms with Gasteiger partial charge in [0, 0.05) is 37.8 Å². The van der Waals surface area contributed by atoms with Crippen LogP contribution in [0.5, 0.6) is 0 Å². The van der Waals surface area contributed by atoms with E-state index in [0.717, 1.165) is 18.2 Å². The Kier molecular flexibility index (Phi) is 4.82. The molecule has 2 nitrogen and oxygen atoms in total. The second kappa shape index (κ2) is 6.16. The van der Waals surface area contributed by atoms with Gasteiger partial charge in [-0.05, 0) is 17.5 Å². The van der Waals surface area contributed by atoms with Crippen molar-refractivity contribution in [3.8, 4) is 0 Å². The molecular weight excluding hydrogens is 296 g/mol. The zero-order valence-corrected chi connectivity index (χ0v) is 13.1. The summed E-state index contributed by atoms with van der Waals surface area (Å²) in [5.74, 6) is -0.784. The van der Waals surface area contributed by atoms with Crippen LogP contribution in [0.2, 0.25) is 0 Å². The van der Waals surface area contributed by atoms with Crippen molar-refractivity contribution in [1.29, 1.82) is 0 Å². The van der Waals surface area contributed by atoms with Crippen LogP contribution in [0.1, 0.15) is 37.9 Å². The van der Waals surface area contributed by atoms with Gasteiger partial charge in [-0.3, -0.25) is 4.90 Å². The topological polar surface area (TPSA) is 15.3 Å². The predicted molar refractivity (Wildman–Crippen MR) is 78.0 cm³/mol. The first-order valence-corrected chi connectivity index (χ1v) is 7.43. The van der Waals surface area contributed by atoms with E-state index in [9.17, 15) is 17.6 Å². The Labute approximate surface area is 128 Å². The number of benzene rings is 1. The Hall–Kier alpha value is -1.14. The highest BCUT2D eigenvalue weighted by molar-refractivity contribution is 5.35. The summed E-state index contributed by atoms with van der Waals surface area (Å²) in [4.78, 5) is 1.95. The van der Waals surface area contributed by atoms with Crippen molar-refractivity contribution in [2.75, 3.05) is 26.2 Å². The van der Waals surface area contributed by atoms with Gasteiger partial charge in [0.1, 0.15) is 5.82 Å². The zero-order chi connectivity index (χ0) is 16.5. The third-order valence-corrected chi connectivity index (χ3v) is 3.97. The van der Waals surface area contributed by atoms with Crippen molar-refractivity contribution in [1.82, 2.24) is 10.2 Å². The van der Waals surface area contributed by atoms with Crippen LogP contribution in [0.25, 0.3) is 0 Å². The normalized spacial score (nSPS) is 19.2. The Morgan fingerprint density at radius 3 is 2.18 bits per heavy atom. The van der Waals surface area contributed by atoms with Crippen LogP contribution < -0.4 is 5.32 Å². The molecule has 1 aliphatic rings. The highest BCUT2D eigenvalue weighted by Gasteiger charge is 2.42. The van der Waals surface area contributed by atoms with Crippen molar-refractivity contribution >= 4 is 0 Å². The monoisotopic (exact) mass is 318 g/mol. The fourth-order valence-electron chi connectivity index (χ4n) is 3.17. The SMILES string of the molecule is CC(C)(C)[C@@H](c1c(F)cccc1C(F)(F)F)N1CCNCC1. The predicted octanol–water partition coefficient (Wildman–Crippen LogP) is 3.84. The van der Waals surface area contributed by atoms with E-state index >= 15 is 0 Å². The minimum absolute atomic E-state index is 0.232. The average molecular weight is 318 g/mol. The van der Waals surface area contributed by atoms with Gasteiger partial charge in [-0.1, -0.05) is 26.8 Å². The highest BCUT2D eigenvalue weighted by atomic mass is 19.4. The van der Waals surface area contributed by atoms with Crippen molar-refractivity contribution in [2.24, 2.45) is 5.41 Å². The molecule has 0 amide bonds. The number of nitrogens with one attached hydrogen (secondary N) is 1. The molecule has 0 saturated carbocycles. The highest BCUT2D eigenvalue weighted by Crippen LogP contribution is 2.44. The molecule has 1 saturated heterocycles. The molecule has 2 rings (SSSR count). The number of piperazine rings is 1. The zero-order valence-electron chi connectivity index (χ0n) is 13.1. The van der Waals surface area contributed by atoms with E-state index in [1.807, 2.05) is 25.7 Å². The van der Waals surface area contributed by atoms with Crippen LogP contribution in [0.3, 0.4) is 0 Å². The molecule has 0 radical (unpaired) electrons. The molecule has 0 spiro atoms. The molecule has 1 aromatic rings. The molecule has 1 fully saturated rings. The van der Waals surface area contributed by atoms with Crippen LogP contribution in [0.4, 0.5) is 17.6 Å². The van der Waals surface area contributed by atoms with Gasteiger partial charge in [-0.2, -0.15) is 13.2 Å². The van der Waals surface area contributed by atoms with E-state index in [2.05, 4.69) is 5.32 Å². The van der Waals surface area contributed by atoms with Gasteiger partial charge in [-0.25, -0.2) is 4.39 Å². The molecule has 0 unspecified atom stereocenters. The lowest BCUT2D eigenvalue weighted by atomic mass is 9.79. The summed E-state index contributed by atoms with van der Waals surface area (Å²) in [6.45, 7) is 8.16. The molecule has 22 heavy (non-hydrogen) atoms. The summed E-state index contributed by atoms with van der Waals surface area (Å²) in [6.07, 6.45) is -4.56.